The van der Waals surface area contributed by atoms with Crippen molar-refractivity contribution in [1.29, 1.82) is 0 Å². The second-order valence-corrected chi connectivity index (χ2v) is 2.89. The highest BCUT2D eigenvalue weighted by molar-refractivity contribution is 5.73. The molecule has 2 atom stereocenters. The maximum absolute atomic E-state index is 10.4. The maximum Gasteiger partial charge on any atom is 0.321 e. The zero-order valence-electron chi connectivity index (χ0n) is 6.36. The number of nitrogens with two attached hydrogens (primary N) is 1. The Balaban J connectivity index is 2.52. The first-order chi connectivity index (χ1) is 5.22. The van der Waals surface area contributed by atoms with E-state index in [4.69, 9.17) is 10.8 Å². The van der Waals surface area contributed by atoms with Crippen molar-refractivity contribution >= 4 is 5.97 Å². The van der Waals surface area contributed by atoms with Gasteiger partial charge in [-0.2, -0.15) is 0 Å². The number of carboxylic acid groups (broad SMARTS) is 1. The van der Waals surface area contributed by atoms with Gasteiger partial charge in [0.15, 0.2) is 0 Å². The van der Waals surface area contributed by atoms with Crippen LogP contribution in [0.1, 0.15) is 19.3 Å². The standard InChI is InChI=1S/C8H13NO2/c9-7(8(10)11)6-4-2-1-3-5-6/h2,4,6-7H,1,3,5,9H2,(H,10,11). The molecule has 0 fully saturated rings. The van der Waals surface area contributed by atoms with Gasteiger partial charge in [0.2, 0.25) is 0 Å². The molecule has 0 aliphatic heterocycles. The molecule has 3 N–H and O–H groups in total. The van der Waals surface area contributed by atoms with E-state index in [0.717, 1.165) is 19.3 Å². The van der Waals surface area contributed by atoms with Crippen LogP contribution in [0.25, 0.3) is 0 Å². The number of rotatable bonds is 2. The molecule has 3 nitrogen and oxygen atoms in total. The van der Waals surface area contributed by atoms with Crippen LogP contribution in [0.2, 0.25) is 0 Å². The average Bonchev–Trinajstić information content (AvgIpc) is 2.05. The van der Waals surface area contributed by atoms with Crippen molar-refractivity contribution in [3.63, 3.8) is 0 Å². The van der Waals surface area contributed by atoms with Gasteiger partial charge in [0, 0.05) is 5.92 Å². The summed E-state index contributed by atoms with van der Waals surface area (Å²) in [7, 11) is 0. The van der Waals surface area contributed by atoms with Crippen LogP contribution in [0.4, 0.5) is 0 Å². The van der Waals surface area contributed by atoms with Crippen molar-refractivity contribution in [2.24, 2.45) is 11.7 Å². The van der Waals surface area contributed by atoms with Crippen LogP contribution >= 0.6 is 0 Å². The van der Waals surface area contributed by atoms with E-state index in [1.165, 1.54) is 0 Å². The molecule has 1 aliphatic rings. The van der Waals surface area contributed by atoms with Gasteiger partial charge >= 0.3 is 5.97 Å². The normalized spacial score (nSPS) is 26.5. The van der Waals surface area contributed by atoms with E-state index in [2.05, 4.69) is 0 Å². The molecule has 0 amide bonds. The zero-order valence-corrected chi connectivity index (χ0v) is 6.36. The summed E-state index contributed by atoms with van der Waals surface area (Å²) in [5.74, 6) is -0.859. The lowest BCUT2D eigenvalue weighted by molar-refractivity contribution is -0.139. The molecule has 62 valence electrons. The van der Waals surface area contributed by atoms with E-state index >= 15 is 0 Å². The minimum Gasteiger partial charge on any atom is -0.480 e. The van der Waals surface area contributed by atoms with E-state index in [1.54, 1.807) is 0 Å². The third kappa shape index (κ3) is 2.05. The molecule has 11 heavy (non-hydrogen) atoms. The van der Waals surface area contributed by atoms with Gasteiger partial charge in [0.25, 0.3) is 0 Å². The number of aliphatic carboxylic acids is 1. The highest BCUT2D eigenvalue weighted by Crippen LogP contribution is 2.19. The predicted molar refractivity (Wildman–Crippen MR) is 42.1 cm³/mol. The SMILES string of the molecule is NC(C(=O)O)C1C=CCCC1. The third-order valence-electron chi connectivity index (χ3n) is 2.04. The van der Waals surface area contributed by atoms with Crippen molar-refractivity contribution in [2.45, 2.75) is 25.3 Å². The maximum atomic E-state index is 10.4. The summed E-state index contributed by atoms with van der Waals surface area (Å²) in [6.07, 6.45) is 6.95. The highest BCUT2D eigenvalue weighted by atomic mass is 16.4. The fraction of sp³-hybridized carbons (Fsp3) is 0.625. The summed E-state index contributed by atoms with van der Waals surface area (Å²) in [6.45, 7) is 0. The van der Waals surface area contributed by atoms with Crippen LogP contribution in [0.15, 0.2) is 12.2 Å². The Morgan fingerprint density at radius 2 is 2.45 bits per heavy atom. The molecule has 1 rings (SSSR count). The van der Waals surface area contributed by atoms with Gasteiger partial charge in [-0.25, -0.2) is 0 Å². The minimum absolute atomic E-state index is 0.0428. The van der Waals surface area contributed by atoms with Gasteiger partial charge in [0.05, 0.1) is 0 Å². The Morgan fingerprint density at radius 3 is 2.91 bits per heavy atom. The summed E-state index contributed by atoms with van der Waals surface area (Å²) in [5.41, 5.74) is 5.44. The molecule has 0 saturated carbocycles. The van der Waals surface area contributed by atoms with Crippen LogP contribution in [-0.4, -0.2) is 17.1 Å². The monoisotopic (exact) mass is 155 g/mol. The second-order valence-electron chi connectivity index (χ2n) is 2.89. The largest absolute Gasteiger partial charge is 0.480 e. The fourth-order valence-corrected chi connectivity index (χ4v) is 1.32. The third-order valence-corrected chi connectivity index (χ3v) is 2.04. The van der Waals surface area contributed by atoms with E-state index in [0.29, 0.717) is 0 Å². The topological polar surface area (TPSA) is 63.3 Å². The average molecular weight is 155 g/mol. The summed E-state index contributed by atoms with van der Waals surface area (Å²) >= 11 is 0. The fourth-order valence-electron chi connectivity index (χ4n) is 1.32. The van der Waals surface area contributed by atoms with Gasteiger partial charge in [0.1, 0.15) is 6.04 Å². The van der Waals surface area contributed by atoms with Gasteiger partial charge < -0.3 is 10.8 Å². The lowest BCUT2D eigenvalue weighted by Gasteiger charge is -2.19. The molecular formula is C8H13NO2. The quantitative estimate of drug-likeness (QED) is 0.578. The van der Waals surface area contributed by atoms with Crippen molar-refractivity contribution in [1.82, 2.24) is 0 Å². The molecule has 2 unspecified atom stereocenters. The smallest absolute Gasteiger partial charge is 0.321 e. The molecule has 0 radical (unpaired) electrons. The predicted octanol–water partition coefficient (Wildman–Crippen LogP) is 0.755. The molecule has 3 heteroatoms. The molecule has 0 aromatic carbocycles. The molecule has 1 aliphatic carbocycles. The summed E-state index contributed by atoms with van der Waals surface area (Å²) in [6, 6.07) is -0.716. The summed E-state index contributed by atoms with van der Waals surface area (Å²) in [5, 5.41) is 8.58. The first-order valence-electron chi connectivity index (χ1n) is 3.87. The minimum atomic E-state index is -0.901. The molecule has 0 bridgehead atoms. The van der Waals surface area contributed by atoms with Crippen LogP contribution in [0.5, 0.6) is 0 Å². The Labute approximate surface area is 65.9 Å². The van der Waals surface area contributed by atoms with Gasteiger partial charge in [-0.05, 0) is 19.3 Å². The molecule has 0 aromatic rings. The van der Waals surface area contributed by atoms with E-state index in [9.17, 15) is 4.79 Å². The van der Waals surface area contributed by atoms with E-state index in [1.807, 2.05) is 12.2 Å². The van der Waals surface area contributed by atoms with Crippen molar-refractivity contribution < 1.29 is 9.90 Å². The molecule has 0 heterocycles. The first kappa shape index (κ1) is 8.27. The lowest BCUT2D eigenvalue weighted by atomic mass is 9.90. The van der Waals surface area contributed by atoms with E-state index < -0.39 is 12.0 Å². The van der Waals surface area contributed by atoms with Gasteiger partial charge in [-0.15, -0.1) is 0 Å². The van der Waals surface area contributed by atoms with Crippen LogP contribution in [-0.2, 0) is 4.79 Å². The molecule has 0 aromatic heterocycles. The van der Waals surface area contributed by atoms with Crippen LogP contribution < -0.4 is 5.73 Å². The molecule has 0 saturated heterocycles. The van der Waals surface area contributed by atoms with Crippen molar-refractivity contribution in [3.8, 4) is 0 Å². The summed E-state index contributed by atoms with van der Waals surface area (Å²) < 4.78 is 0. The first-order valence-corrected chi connectivity index (χ1v) is 3.87. The van der Waals surface area contributed by atoms with Gasteiger partial charge in [-0.1, -0.05) is 12.2 Å². The number of carboxylic acids is 1. The zero-order chi connectivity index (χ0) is 8.27. The van der Waals surface area contributed by atoms with Gasteiger partial charge in [-0.3, -0.25) is 4.79 Å². The Morgan fingerprint density at radius 1 is 1.73 bits per heavy atom. The molecular weight excluding hydrogens is 142 g/mol. The summed E-state index contributed by atoms with van der Waals surface area (Å²) in [4.78, 5) is 10.4. The van der Waals surface area contributed by atoms with Crippen LogP contribution in [0.3, 0.4) is 0 Å². The Kier molecular flexibility index (Phi) is 2.65. The lowest BCUT2D eigenvalue weighted by Crippen LogP contribution is -2.37. The molecule has 0 spiro atoms. The second kappa shape index (κ2) is 3.53. The van der Waals surface area contributed by atoms with Crippen LogP contribution in [0, 0.1) is 5.92 Å². The number of hydrogen-bond acceptors (Lipinski definition) is 2. The number of carbonyl (C=O) groups is 1. The van der Waals surface area contributed by atoms with E-state index in [-0.39, 0.29) is 5.92 Å². The number of hydrogen-bond donors (Lipinski definition) is 2. The number of allylic oxidation sites excluding steroid dienone is 1. The highest BCUT2D eigenvalue weighted by Gasteiger charge is 2.22. The van der Waals surface area contributed by atoms with Crippen molar-refractivity contribution in [3.05, 3.63) is 12.2 Å². The Hall–Kier alpha value is -0.830. The van der Waals surface area contributed by atoms with Crippen molar-refractivity contribution in [2.75, 3.05) is 0 Å². The Bertz CT molecular complexity index is 177.